The first-order valence-electron chi connectivity index (χ1n) is 10.1. The van der Waals surface area contributed by atoms with Crippen LogP contribution in [0.5, 0.6) is 0 Å². The van der Waals surface area contributed by atoms with Crippen molar-refractivity contribution in [3.05, 3.63) is 0 Å². The summed E-state index contributed by atoms with van der Waals surface area (Å²) in [6, 6.07) is 0.348. The minimum absolute atomic E-state index is 0.348. The number of hydrogen-bond acceptors (Lipinski definition) is 9. The first-order valence-corrected chi connectivity index (χ1v) is 10.1. The molecular weight excluding hydrogens is 346 g/mol. The minimum atomic E-state index is 0.348. The van der Waals surface area contributed by atoms with Crippen LogP contribution >= 0.6 is 0 Å². The van der Waals surface area contributed by atoms with Crippen molar-refractivity contribution in [2.24, 2.45) is 5.73 Å². The largest absolute Gasteiger partial charge is 0.378 e. The molecule has 0 bridgehead atoms. The van der Waals surface area contributed by atoms with Gasteiger partial charge < -0.3 is 31.2 Å². The van der Waals surface area contributed by atoms with E-state index in [0.29, 0.717) is 63.4 Å². The van der Waals surface area contributed by atoms with E-state index in [1.54, 1.807) is 0 Å². The normalized spacial score (nSPS) is 11.0. The van der Waals surface area contributed by atoms with Crippen LogP contribution < -0.4 is 21.7 Å². The van der Waals surface area contributed by atoms with Gasteiger partial charge in [0.05, 0.1) is 26.4 Å². The van der Waals surface area contributed by atoms with Crippen molar-refractivity contribution in [1.29, 1.82) is 0 Å². The number of anilines is 3. The molecule has 0 aliphatic heterocycles. The van der Waals surface area contributed by atoms with E-state index >= 15 is 0 Å². The topological polar surface area (TPSA) is 119 Å². The third-order valence-corrected chi connectivity index (χ3v) is 3.93. The van der Waals surface area contributed by atoms with Gasteiger partial charge in [0, 0.05) is 25.7 Å². The second-order valence-corrected chi connectivity index (χ2v) is 6.18. The van der Waals surface area contributed by atoms with Gasteiger partial charge in [-0.15, -0.1) is 0 Å². The number of nitrogens with two attached hydrogens (primary N) is 1. The van der Waals surface area contributed by atoms with Gasteiger partial charge in [0.15, 0.2) is 0 Å². The Hall–Kier alpha value is -1.71. The molecule has 1 aromatic rings. The van der Waals surface area contributed by atoms with Crippen LogP contribution in [0.4, 0.5) is 17.8 Å². The van der Waals surface area contributed by atoms with Crippen molar-refractivity contribution in [1.82, 2.24) is 15.0 Å². The fourth-order valence-electron chi connectivity index (χ4n) is 2.29. The van der Waals surface area contributed by atoms with E-state index in [1.165, 1.54) is 0 Å². The van der Waals surface area contributed by atoms with Crippen molar-refractivity contribution in [3.8, 4) is 0 Å². The van der Waals surface area contributed by atoms with Gasteiger partial charge in [-0.1, -0.05) is 27.2 Å². The molecule has 0 aliphatic rings. The molecule has 0 saturated carbocycles. The summed E-state index contributed by atoms with van der Waals surface area (Å²) in [6.07, 6.45) is 4.23. The lowest BCUT2D eigenvalue weighted by molar-refractivity contribution is 0.0547. The highest BCUT2D eigenvalue weighted by molar-refractivity contribution is 5.42. The summed E-state index contributed by atoms with van der Waals surface area (Å²) >= 11 is 0. The zero-order chi connectivity index (χ0) is 19.7. The molecule has 9 nitrogen and oxygen atoms in total. The van der Waals surface area contributed by atoms with E-state index in [0.717, 1.165) is 32.2 Å². The van der Waals surface area contributed by atoms with E-state index in [1.807, 2.05) is 0 Å². The van der Waals surface area contributed by atoms with Gasteiger partial charge in [-0.2, -0.15) is 15.0 Å². The highest BCUT2D eigenvalue weighted by Crippen LogP contribution is 2.12. The van der Waals surface area contributed by atoms with Gasteiger partial charge in [0.1, 0.15) is 0 Å². The Bertz CT molecular complexity index is 487. The molecule has 1 rings (SSSR count). The summed E-state index contributed by atoms with van der Waals surface area (Å²) in [7, 11) is 0. The van der Waals surface area contributed by atoms with Gasteiger partial charge in [0.2, 0.25) is 17.8 Å². The molecule has 5 N–H and O–H groups in total. The molecule has 0 radical (unpaired) electrons. The Morgan fingerprint density at radius 3 is 2.00 bits per heavy atom. The minimum Gasteiger partial charge on any atom is -0.378 e. The highest BCUT2D eigenvalue weighted by Gasteiger charge is 2.10. The molecule has 156 valence electrons. The second-order valence-electron chi connectivity index (χ2n) is 6.18. The number of aromatic nitrogens is 3. The van der Waals surface area contributed by atoms with Crippen LogP contribution in [0.3, 0.4) is 0 Å². The number of hydrogen-bond donors (Lipinski definition) is 4. The fraction of sp³-hybridized carbons (Fsp3) is 0.833. The first kappa shape index (κ1) is 23.3. The van der Waals surface area contributed by atoms with Crippen molar-refractivity contribution in [2.75, 3.05) is 62.0 Å². The summed E-state index contributed by atoms with van der Waals surface area (Å²) in [5, 5.41) is 9.84. The average molecular weight is 384 g/mol. The van der Waals surface area contributed by atoms with Crippen molar-refractivity contribution in [2.45, 2.75) is 52.5 Å². The number of nitrogens with zero attached hydrogens (tertiary/aromatic N) is 3. The van der Waals surface area contributed by atoms with E-state index in [9.17, 15) is 0 Å². The monoisotopic (exact) mass is 383 g/mol. The maximum absolute atomic E-state index is 5.51. The Labute approximate surface area is 163 Å². The maximum Gasteiger partial charge on any atom is 0.229 e. The molecule has 0 unspecified atom stereocenters. The van der Waals surface area contributed by atoms with Crippen LogP contribution in [0.25, 0.3) is 0 Å². The number of ether oxygens (including phenoxy) is 2. The lowest BCUT2D eigenvalue weighted by Gasteiger charge is -2.16. The first-order chi connectivity index (χ1) is 13.2. The Morgan fingerprint density at radius 1 is 0.815 bits per heavy atom. The number of unbranched alkanes of at least 4 members (excludes halogenated alkanes) is 1. The lowest BCUT2D eigenvalue weighted by atomic mass is 10.2. The van der Waals surface area contributed by atoms with Gasteiger partial charge >= 0.3 is 0 Å². The quantitative estimate of drug-likeness (QED) is 0.300. The fourth-order valence-corrected chi connectivity index (χ4v) is 2.29. The van der Waals surface area contributed by atoms with E-state index < -0.39 is 0 Å². The molecule has 0 aliphatic carbocycles. The van der Waals surface area contributed by atoms with Crippen LogP contribution in [-0.4, -0.2) is 67.1 Å². The zero-order valence-electron chi connectivity index (χ0n) is 17.1. The molecule has 9 heteroatoms. The van der Waals surface area contributed by atoms with Gasteiger partial charge in [0.25, 0.3) is 0 Å². The number of nitrogens with one attached hydrogen (secondary N) is 3. The van der Waals surface area contributed by atoms with Gasteiger partial charge in [-0.05, 0) is 19.3 Å². The van der Waals surface area contributed by atoms with Crippen LogP contribution in [-0.2, 0) is 9.47 Å². The third-order valence-electron chi connectivity index (χ3n) is 3.93. The molecular formula is C18H37N7O2. The van der Waals surface area contributed by atoms with E-state index in [4.69, 9.17) is 15.2 Å². The van der Waals surface area contributed by atoms with Crippen LogP contribution in [0.2, 0.25) is 0 Å². The van der Waals surface area contributed by atoms with Gasteiger partial charge in [-0.25, -0.2) is 0 Å². The molecule has 0 aromatic carbocycles. The summed E-state index contributed by atoms with van der Waals surface area (Å²) in [5.41, 5.74) is 5.36. The Kier molecular flexibility index (Phi) is 13.3. The lowest BCUT2D eigenvalue weighted by Crippen LogP contribution is -2.21. The van der Waals surface area contributed by atoms with Crippen LogP contribution in [0.1, 0.15) is 46.5 Å². The van der Waals surface area contributed by atoms with Crippen LogP contribution in [0, 0.1) is 0 Å². The Balaban J connectivity index is 2.52. The molecule has 0 spiro atoms. The molecule has 0 amide bonds. The Morgan fingerprint density at radius 2 is 1.41 bits per heavy atom. The summed E-state index contributed by atoms with van der Waals surface area (Å²) in [6.45, 7) is 10.6. The van der Waals surface area contributed by atoms with E-state index in [-0.39, 0.29) is 0 Å². The molecule has 0 saturated heterocycles. The standard InChI is InChI=1S/C18H37N7O2/c1-4-7-9-20-16-23-17(21-10-12-27-14-13-26-11-8-19)25-18(24-16)22-15(5-2)6-3/h15H,4-14,19H2,1-3H3,(H3,20,21,22,23,24,25). The summed E-state index contributed by atoms with van der Waals surface area (Å²) in [4.78, 5) is 13.4. The predicted octanol–water partition coefficient (Wildman–Crippen LogP) is 2.09. The van der Waals surface area contributed by atoms with Crippen molar-refractivity contribution >= 4 is 17.8 Å². The van der Waals surface area contributed by atoms with Crippen LogP contribution in [0.15, 0.2) is 0 Å². The summed E-state index contributed by atoms with van der Waals surface area (Å²) in [5.74, 6) is 1.72. The smallest absolute Gasteiger partial charge is 0.229 e. The SMILES string of the molecule is CCCCNc1nc(NCCOCCOCCN)nc(NC(CC)CC)n1. The zero-order valence-corrected chi connectivity index (χ0v) is 17.1. The molecule has 0 atom stereocenters. The van der Waals surface area contributed by atoms with Gasteiger partial charge in [-0.3, -0.25) is 0 Å². The van der Waals surface area contributed by atoms with Crippen molar-refractivity contribution < 1.29 is 9.47 Å². The highest BCUT2D eigenvalue weighted by atomic mass is 16.5. The molecule has 1 aromatic heterocycles. The maximum atomic E-state index is 5.51. The third kappa shape index (κ3) is 10.9. The van der Waals surface area contributed by atoms with E-state index in [2.05, 4.69) is 51.7 Å². The molecule has 1 heterocycles. The molecule has 0 fully saturated rings. The predicted molar refractivity (Wildman–Crippen MR) is 110 cm³/mol. The molecule has 27 heavy (non-hydrogen) atoms. The second kappa shape index (κ2) is 15.4. The summed E-state index contributed by atoms with van der Waals surface area (Å²) < 4.78 is 10.8. The number of rotatable bonds is 17. The average Bonchev–Trinajstić information content (AvgIpc) is 2.68. The van der Waals surface area contributed by atoms with Crippen molar-refractivity contribution in [3.63, 3.8) is 0 Å².